The van der Waals surface area contributed by atoms with E-state index in [-0.39, 0.29) is 5.97 Å². The van der Waals surface area contributed by atoms with Crippen molar-refractivity contribution in [2.24, 2.45) is 0 Å². The molecule has 0 aliphatic rings. The van der Waals surface area contributed by atoms with Gasteiger partial charge in [-0.3, -0.25) is 4.79 Å². The Bertz CT molecular complexity index is 401. The van der Waals surface area contributed by atoms with Crippen molar-refractivity contribution < 1.29 is 22.7 Å². The number of rotatable bonds is 6. The number of halogens is 3. The van der Waals surface area contributed by atoms with Gasteiger partial charge in [0.2, 0.25) is 0 Å². The monoisotopic (exact) mass is 275 g/mol. The normalized spacial score (nSPS) is 11.2. The van der Waals surface area contributed by atoms with E-state index in [2.05, 4.69) is 5.32 Å². The summed E-state index contributed by atoms with van der Waals surface area (Å²) in [6.07, 6.45) is -3.45. The first-order chi connectivity index (χ1) is 8.93. The SMILES string of the molecule is CCOC(=O)CCCNc1ccc(C(F)(F)F)cc1. The van der Waals surface area contributed by atoms with Gasteiger partial charge in [-0.1, -0.05) is 0 Å². The van der Waals surface area contributed by atoms with Gasteiger partial charge in [0, 0.05) is 18.7 Å². The minimum atomic E-state index is -4.32. The van der Waals surface area contributed by atoms with Crippen LogP contribution in [0.4, 0.5) is 18.9 Å². The minimum absolute atomic E-state index is 0.267. The number of alkyl halides is 3. The highest BCUT2D eigenvalue weighted by atomic mass is 19.4. The van der Waals surface area contributed by atoms with E-state index in [1.54, 1.807) is 6.92 Å². The molecule has 0 amide bonds. The van der Waals surface area contributed by atoms with Crippen molar-refractivity contribution in [3.63, 3.8) is 0 Å². The molecule has 0 fully saturated rings. The van der Waals surface area contributed by atoms with Crippen LogP contribution in [0.25, 0.3) is 0 Å². The van der Waals surface area contributed by atoms with Crippen molar-refractivity contribution in [1.82, 2.24) is 0 Å². The van der Waals surface area contributed by atoms with Crippen LogP contribution in [0.15, 0.2) is 24.3 Å². The van der Waals surface area contributed by atoms with E-state index in [0.29, 0.717) is 31.7 Å². The molecule has 0 bridgehead atoms. The highest BCUT2D eigenvalue weighted by molar-refractivity contribution is 5.69. The summed E-state index contributed by atoms with van der Waals surface area (Å²) in [5.41, 5.74) is -0.0820. The van der Waals surface area contributed by atoms with Gasteiger partial charge < -0.3 is 10.1 Å². The number of nitrogens with one attached hydrogen (secondary N) is 1. The van der Waals surface area contributed by atoms with Gasteiger partial charge >= 0.3 is 12.1 Å². The molecule has 1 aromatic carbocycles. The highest BCUT2D eigenvalue weighted by Crippen LogP contribution is 2.29. The summed E-state index contributed by atoms with van der Waals surface area (Å²) in [6, 6.07) is 4.78. The van der Waals surface area contributed by atoms with Crippen LogP contribution in [0.5, 0.6) is 0 Å². The summed E-state index contributed by atoms with van der Waals surface area (Å²) < 4.78 is 41.7. The fraction of sp³-hybridized carbons (Fsp3) is 0.462. The number of anilines is 1. The van der Waals surface area contributed by atoms with Crippen LogP contribution in [0.2, 0.25) is 0 Å². The molecule has 3 nitrogen and oxygen atoms in total. The number of hydrogen-bond donors (Lipinski definition) is 1. The molecule has 19 heavy (non-hydrogen) atoms. The van der Waals surface area contributed by atoms with E-state index in [0.717, 1.165) is 12.1 Å². The Morgan fingerprint density at radius 1 is 1.26 bits per heavy atom. The van der Waals surface area contributed by atoms with Gasteiger partial charge in [0.15, 0.2) is 0 Å². The fourth-order valence-corrected chi connectivity index (χ4v) is 1.48. The average Bonchev–Trinajstić information content (AvgIpc) is 2.34. The second-order valence-electron chi connectivity index (χ2n) is 3.91. The number of esters is 1. The van der Waals surface area contributed by atoms with Crippen LogP contribution in [0, 0.1) is 0 Å². The topological polar surface area (TPSA) is 38.3 Å². The lowest BCUT2D eigenvalue weighted by Crippen LogP contribution is -2.08. The maximum atomic E-state index is 12.3. The van der Waals surface area contributed by atoms with Gasteiger partial charge in [0.05, 0.1) is 12.2 Å². The molecule has 106 valence electrons. The van der Waals surface area contributed by atoms with Gasteiger partial charge in [-0.15, -0.1) is 0 Å². The largest absolute Gasteiger partial charge is 0.466 e. The molecule has 0 atom stereocenters. The Morgan fingerprint density at radius 3 is 2.42 bits per heavy atom. The molecule has 1 aromatic rings. The lowest BCUT2D eigenvalue weighted by molar-refractivity contribution is -0.143. The Morgan fingerprint density at radius 2 is 1.89 bits per heavy atom. The third-order valence-corrected chi connectivity index (χ3v) is 2.40. The first-order valence-corrected chi connectivity index (χ1v) is 6.00. The van der Waals surface area contributed by atoms with Crippen molar-refractivity contribution in [2.75, 3.05) is 18.5 Å². The Hall–Kier alpha value is -1.72. The molecule has 1 N–H and O–H groups in total. The van der Waals surface area contributed by atoms with Crippen LogP contribution in [0.1, 0.15) is 25.3 Å². The molecule has 6 heteroatoms. The molecule has 0 aliphatic carbocycles. The first-order valence-electron chi connectivity index (χ1n) is 6.00. The number of hydrogen-bond acceptors (Lipinski definition) is 3. The van der Waals surface area contributed by atoms with Crippen LogP contribution in [0.3, 0.4) is 0 Å². The molecule has 1 rings (SSSR count). The smallest absolute Gasteiger partial charge is 0.416 e. The van der Waals surface area contributed by atoms with E-state index in [1.165, 1.54) is 12.1 Å². The maximum absolute atomic E-state index is 12.3. The Labute approximate surface area is 109 Å². The van der Waals surface area contributed by atoms with Gasteiger partial charge in [-0.25, -0.2) is 0 Å². The summed E-state index contributed by atoms with van der Waals surface area (Å²) >= 11 is 0. The molecule has 0 aromatic heterocycles. The number of ether oxygens (including phenoxy) is 1. The predicted molar refractivity (Wildman–Crippen MR) is 65.8 cm³/mol. The van der Waals surface area contributed by atoms with Crippen molar-refractivity contribution in [3.8, 4) is 0 Å². The summed E-state index contributed by atoms with van der Waals surface area (Å²) in [5.74, 6) is -0.267. The minimum Gasteiger partial charge on any atom is -0.466 e. The molecular formula is C13H16F3NO2. The second-order valence-corrected chi connectivity index (χ2v) is 3.91. The van der Waals surface area contributed by atoms with Crippen molar-refractivity contribution >= 4 is 11.7 Å². The number of carbonyl (C=O) groups is 1. The molecule has 0 unspecified atom stereocenters. The first kappa shape index (κ1) is 15.3. The molecule has 0 radical (unpaired) electrons. The molecule has 0 heterocycles. The zero-order valence-electron chi connectivity index (χ0n) is 10.6. The van der Waals surface area contributed by atoms with E-state index >= 15 is 0 Å². The van der Waals surface area contributed by atoms with Crippen LogP contribution in [-0.4, -0.2) is 19.1 Å². The third-order valence-electron chi connectivity index (χ3n) is 2.40. The highest BCUT2D eigenvalue weighted by Gasteiger charge is 2.29. The van der Waals surface area contributed by atoms with E-state index in [4.69, 9.17) is 4.74 Å². The fourth-order valence-electron chi connectivity index (χ4n) is 1.48. The van der Waals surface area contributed by atoms with Crippen LogP contribution < -0.4 is 5.32 Å². The Balaban J connectivity index is 2.33. The number of benzene rings is 1. The van der Waals surface area contributed by atoms with Gasteiger partial charge in [-0.2, -0.15) is 13.2 Å². The summed E-state index contributed by atoms with van der Waals surface area (Å²) in [4.78, 5) is 11.0. The molecular weight excluding hydrogens is 259 g/mol. The van der Waals surface area contributed by atoms with Crippen molar-refractivity contribution in [2.45, 2.75) is 25.9 Å². The van der Waals surface area contributed by atoms with E-state index in [9.17, 15) is 18.0 Å². The van der Waals surface area contributed by atoms with Crippen molar-refractivity contribution in [3.05, 3.63) is 29.8 Å². The Kier molecular flexibility index (Phi) is 5.66. The maximum Gasteiger partial charge on any atom is 0.416 e. The summed E-state index contributed by atoms with van der Waals surface area (Å²) in [7, 11) is 0. The van der Waals surface area contributed by atoms with E-state index < -0.39 is 11.7 Å². The van der Waals surface area contributed by atoms with Gasteiger partial charge in [0.1, 0.15) is 0 Å². The summed E-state index contributed by atoms with van der Waals surface area (Å²) in [6.45, 7) is 2.59. The second kappa shape index (κ2) is 7.01. The van der Waals surface area contributed by atoms with Gasteiger partial charge in [-0.05, 0) is 37.6 Å². The predicted octanol–water partition coefficient (Wildman–Crippen LogP) is 3.46. The standard InChI is InChI=1S/C13H16F3NO2/c1-2-19-12(18)4-3-9-17-11-7-5-10(6-8-11)13(14,15)16/h5-8,17H,2-4,9H2,1H3. The average molecular weight is 275 g/mol. The lowest BCUT2D eigenvalue weighted by Gasteiger charge is -2.09. The van der Waals surface area contributed by atoms with E-state index in [1.807, 2.05) is 0 Å². The third kappa shape index (κ3) is 5.63. The zero-order chi connectivity index (χ0) is 14.3. The quantitative estimate of drug-likeness (QED) is 0.638. The molecule has 0 saturated heterocycles. The molecule has 0 aliphatic heterocycles. The lowest BCUT2D eigenvalue weighted by atomic mass is 10.2. The van der Waals surface area contributed by atoms with Crippen LogP contribution >= 0.6 is 0 Å². The zero-order valence-corrected chi connectivity index (χ0v) is 10.6. The molecule has 0 spiro atoms. The number of carbonyl (C=O) groups excluding carboxylic acids is 1. The van der Waals surface area contributed by atoms with Crippen molar-refractivity contribution in [1.29, 1.82) is 0 Å². The molecule has 0 saturated carbocycles. The summed E-state index contributed by atoms with van der Waals surface area (Å²) in [5, 5.41) is 2.95. The van der Waals surface area contributed by atoms with Gasteiger partial charge in [0.25, 0.3) is 0 Å². The van der Waals surface area contributed by atoms with Crippen LogP contribution in [-0.2, 0) is 15.7 Å².